The largest absolute Gasteiger partial charge is 0.479 e. The van der Waals surface area contributed by atoms with Crippen molar-refractivity contribution in [1.29, 1.82) is 0 Å². The monoisotopic (exact) mass is 486 g/mol. The van der Waals surface area contributed by atoms with Crippen LogP contribution in [0.2, 0.25) is 10.0 Å². The van der Waals surface area contributed by atoms with E-state index in [2.05, 4.69) is 4.98 Å². The Hall–Kier alpha value is -2.49. The first kappa shape index (κ1) is 25.8. The van der Waals surface area contributed by atoms with Crippen molar-refractivity contribution >= 4 is 40.6 Å². The van der Waals surface area contributed by atoms with Crippen LogP contribution in [0, 0.1) is 5.92 Å². The molecule has 176 valence electrons. The summed E-state index contributed by atoms with van der Waals surface area (Å²) in [5.41, 5.74) is 4.72. The highest BCUT2D eigenvalue weighted by Gasteiger charge is 2.29. The first-order valence-electron chi connectivity index (χ1n) is 10.1. The summed E-state index contributed by atoms with van der Waals surface area (Å²) >= 11 is 12.1. The molecule has 1 amide bonds. The molecule has 0 fully saturated rings. The normalized spacial score (nSPS) is 12.1. The second-order valence-electron chi connectivity index (χ2n) is 7.67. The molecule has 0 aliphatic rings. The Kier molecular flexibility index (Phi) is 9.18. The highest BCUT2D eigenvalue weighted by atomic mass is 35.5. The number of carbonyl (C=O) groups is 1. The predicted molar refractivity (Wildman–Crippen MR) is 126 cm³/mol. The van der Waals surface area contributed by atoms with Gasteiger partial charge in [-0.1, -0.05) is 37.0 Å². The summed E-state index contributed by atoms with van der Waals surface area (Å²) < 4.78 is 12.1. The van der Waals surface area contributed by atoms with Crippen molar-refractivity contribution in [3.63, 3.8) is 0 Å². The molecule has 0 aliphatic heterocycles. The number of amides is 1. The summed E-state index contributed by atoms with van der Waals surface area (Å²) in [6.07, 6.45) is -0.584. The molecule has 32 heavy (non-hydrogen) atoms. The van der Waals surface area contributed by atoms with Gasteiger partial charge in [-0.2, -0.15) is 0 Å². The first-order chi connectivity index (χ1) is 15.1. The second-order valence-corrected chi connectivity index (χ2v) is 8.51. The number of nitrogens with zero attached hydrogens (tertiary/aromatic N) is 2. The van der Waals surface area contributed by atoms with Crippen molar-refractivity contribution in [1.82, 2.24) is 9.55 Å². The number of carbonyl (C=O) groups excluding carboxylic acids is 1. The van der Waals surface area contributed by atoms with Crippen LogP contribution in [0.4, 0.5) is 11.5 Å². The molecule has 2 aromatic rings. The zero-order valence-corrected chi connectivity index (χ0v) is 20.0. The van der Waals surface area contributed by atoms with Gasteiger partial charge in [-0.05, 0) is 37.5 Å². The van der Waals surface area contributed by atoms with E-state index in [9.17, 15) is 14.4 Å². The molecule has 0 spiro atoms. The van der Waals surface area contributed by atoms with Gasteiger partial charge in [0.15, 0.2) is 11.8 Å². The molecule has 1 aromatic heterocycles. The number of hydrogen-bond donors (Lipinski definition) is 2. The molecule has 0 saturated heterocycles. The maximum absolute atomic E-state index is 13.3. The predicted octanol–water partition coefficient (Wildman–Crippen LogP) is 2.92. The number of hydrogen-bond acceptors (Lipinski definition) is 6. The van der Waals surface area contributed by atoms with Gasteiger partial charge in [0.1, 0.15) is 11.6 Å². The van der Waals surface area contributed by atoms with Gasteiger partial charge in [-0.25, -0.2) is 4.79 Å². The van der Waals surface area contributed by atoms with Crippen molar-refractivity contribution < 1.29 is 14.3 Å². The van der Waals surface area contributed by atoms with E-state index in [0.717, 1.165) is 0 Å². The molecule has 0 aliphatic carbocycles. The van der Waals surface area contributed by atoms with Crippen LogP contribution in [0.3, 0.4) is 0 Å². The summed E-state index contributed by atoms with van der Waals surface area (Å²) in [6.45, 7) is 6.10. The molecule has 9 nitrogen and oxygen atoms in total. The molecule has 1 heterocycles. The van der Waals surface area contributed by atoms with E-state index in [1.165, 1.54) is 29.6 Å². The van der Waals surface area contributed by atoms with Gasteiger partial charge < -0.3 is 20.1 Å². The average molecular weight is 487 g/mol. The van der Waals surface area contributed by atoms with E-state index in [-0.39, 0.29) is 41.3 Å². The number of halogens is 2. The highest BCUT2D eigenvalue weighted by Crippen LogP contribution is 2.29. The Morgan fingerprint density at radius 1 is 1.25 bits per heavy atom. The van der Waals surface area contributed by atoms with Crippen LogP contribution in [-0.2, 0) is 16.1 Å². The molecular weight excluding hydrogens is 459 g/mol. The summed E-state index contributed by atoms with van der Waals surface area (Å²) in [5.74, 6) is -0.268. The number of nitrogen functional groups attached to an aromatic ring is 1. The molecule has 11 heteroatoms. The van der Waals surface area contributed by atoms with Crippen molar-refractivity contribution in [2.45, 2.75) is 39.8 Å². The van der Waals surface area contributed by atoms with Crippen molar-refractivity contribution in [3.8, 4) is 5.75 Å². The van der Waals surface area contributed by atoms with Crippen LogP contribution in [0.15, 0.2) is 27.8 Å². The minimum Gasteiger partial charge on any atom is -0.479 e. The van der Waals surface area contributed by atoms with Gasteiger partial charge in [-0.15, -0.1) is 0 Å². The lowest BCUT2D eigenvalue weighted by atomic mass is 10.2. The SMILES string of the molecule is COCCCN(C(=O)C(C)Oc1ccc(Cl)cc1Cl)c1c(N)n(CC(C)C)c(=O)[nH]c1=O. The quantitative estimate of drug-likeness (QED) is 0.498. The van der Waals surface area contributed by atoms with Gasteiger partial charge in [0.2, 0.25) is 0 Å². The van der Waals surface area contributed by atoms with Crippen LogP contribution in [-0.4, -0.2) is 41.8 Å². The Balaban J connectivity index is 2.46. The molecule has 2 rings (SSSR count). The molecular formula is C21H28Cl2N4O5. The Morgan fingerprint density at radius 3 is 2.53 bits per heavy atom. The number of nitrogens with two attached hydrogens (primary N) is 1. The van der Waals surface area contributed by atoms with Gasteiger partial charge in [0, 0.05) is 31.8 Å². The molecule has 3 N–H and O–H groups in total. The van der Waals surface area contributed by atoms with Gasteiger partial charge in [0.25, 0.3) is 11.5 Å². The standard InChI is InChI=1S/C21H28Cl2N4O5/c1-12(2)11-27-18(24)17(19(28)25-21(27)30)26(8-5-9-31-4)20(29)13(3)32-16-7-6-14(22)10-15(16)23/h6-7,10,12-13H,5,8-9,11,24H2,1-4H3,(H,25,28,30). The van der Waals surface area contributed by atoms with Gasteiger partial charge in [-0.3, -0.25) is 19.1 Å². The fourth-order valence-corrected chi connectivity index (χ4v) is 3.57. The maximum atomic E-state index is 13.3. The first-order valence-corrected chi connectivity index (χ1v) is 10.9. The summed E-state index contributed by atoms with van der Waals surface area (Å²) in [7, 11) is 1.53. The zero-order chi connectivity index (χ0) is 24.0. The smallest absolute Gasteiger partial charge is 0.330 e. The van der Waals surface area contributed by atoms with E-state index >= 15 is 0 Å². The topological polar surface area (TPSA) is 120 Å². The summed E-state index contributed by atoms with van der Waals surface area (Å²) in [4.78, 5) is 41.8. The third-order valence-corrected chi connectivity index (χ3v) is 5.10. The number of anilines is 2. The van der Waals surface area contributed by atoms with Crippen molar-refractivity contribution in [2.24, 2.45) is 5.92 Å². The van der Waals surface area contributed by atoms with E-state index in [1.807, 2.05) is 13.8 Å². The van der Waals surface area contributed by atoms with E-state index in [4.69, 9.17) is 38.4 Å². The maximum Gasteiger partial charge on any atom is 0.330 e. The van der Waals surface area contributed by atoms with E-state index in [0.29, 0.717) is 18.1 Å². The number of ether oxygens (including phenoxy) is 2. The third-order valence-electron chi connectivity index (χ3n) is 4.57. The minimum absolute atomic E-state index is 0.0840. The second kappa shape index (κ2) is 11.4. The minimum atomic E-state index is -1.01. The number of benzene rings is 1. The number of rotatable bonds is 10. The van der Waals surface area contributed by atoms with Crippen LogP contribution in [0.5, 0.6) is 5.75 Å². The van der Waals surface area contributed by atoms with Crippen LogP contribution < -0.4 is 26.6 Å². The number of H-pyrrole nitrogens is 1. The Labute approximate surface area is 196 Å². The zero-order valence-electron chi connectivity index (χ0n) is 18.5. The molecule has 1 aromatic carbocycles. The Bertz CT molecular complexity index is 1070. The molecule has 0 bridgehead atoms. The number of nitrogens with one attached hydrogen (secondary N) is 1. The van der Waals surface area contributed by atoms with Crippen LogP contribution >= 0.6 is 23.2 Å². The lowest BCUT2D eigenvalue weighted by Gasteiger charge is -2.27. The lowest BCUT2D eigenvalue weighted by molar-refractivity contribution is -0.124. The average Bonchev–Trinajstić information content (AvgIpc) is 2.71. The lowest BCUT2D eigenvalue weighted by Crippen LogP contribution is -2.46. The van der Waals surface area contributed by atoms with Crippen molar-refractivity contribution in [2.75, 3.05) is 30.9 Å². The fourth-order valence-electron chi connectivity index (χ4n) is 3.11. The fraction of sp³-hybridized carbons (Fsp3) is 0.476. The molecule has 1 atom stereocenters. The van der Waals surface area contributed by atoms with Crippen molar-refractivity contribution in [3.05, 3.63) is 49.1 Å². The summed E-state index contributed by atoms with van der Waals surface area (Å²) in [5, 5.41) is 0.667. The highest BCUT2D eigenvalue weighted by molar-refractivity contribution is 6.35. The molecule has 0 saturated carbocycles. The summed E-state index contributed by atoms with van der Waals surface area (Å²) in [6, 6.07) is 4.63. The Morgan fingerprint density at radius 2 is 1.94 bits per heavy atom. The van der Waals surface area contributed by atoms with Crippen LogP contribution in [0.25, 0.3) is 0 Å². The number of aromatic amines is 1. The third kappa shape index (κ3) is 6.27. The number of methoxy groups -OCH3 is 1. The van der Waals surface area contributed by atoms with E-state index < -0.39 is 23.3 Å². The number of aromatic nitrogens is 2. The van der Waals surface area contributed by atoms with Gasteiger partial charge >= 0.3 is 5.69 Å². The molecule has 0 radical (unpaired) electrons. The van der Waals surface area contributed by atoms with Crippen LogP contribution in [0.1, 0.15) is 27.2 Å². The molecule has 1 unspecified atom stereocenters. The van der Waals surface area contributed by atoms with Gasteiger partial charge in [0.05, 0.1) is 5.02 Å². The van der Waals surface area contributed by atoms with E-state index in [1.54, 1.807) is 12.1 Å².